The highest BCUT2D eigenvalue weighted by molar-refractivity contribution is 5.53. The zero-order chi connectivity index (χ0) is 8.41. The van der Waals surface area contributed by atoms with E-state index in [1.54, 1.807) is 6.92 Å². The Labute approximate surface area is 58.7 Å². The van der Waals surface area contributed by atoms with Crippen molar-refractivity contribution in [3.63, 3.8) is 0 Å². The van der Waals surface area contributed by atoms with E-state index in [2.05, 4.69) is 23.3 Å². The molecule has 10 heavy (non-hydrogen) atoms. The molecule has 0 unspecified atom stereocenters. The van der Waals surface area contributed by atoms with E-state index in [1.807, 2.05) is 0 Å². The first-order chi connectivity index (χ1) is 4.65. The van der Waals surface area contributed by atoms with Gasteiger partial charge < -0.3 is 14.9 Å². The second kappa shape index (κ2) is 10.4. The lowest BCUT2D eigenvalue weighted by atomic mass is 10.8. The third kappa shape index (κ3) is 97.9. The maximum Gasteiger partial charge on any atom is 0.503 e. The minimum absolute atomic E-state index is 1.29. The van der Waals surface area contributed by atoms with Gasteiger partial charge in [0.1, 0.15) is 6.11 Å². The highest BCUT2D eigenvalue weighted by Gasteiger charge is 1.70. The molecule has 0 aromatic rings. The van der Waals surface area contributed by atoms with Crippen molar-refractivity contribution in [1.82, 2.24) is 0 Å². The monoisotopic (exact) mass is 144 g/mol. The lowest BCUT2D eigenvalue weighted by molar-refractivity contribution is 0.137. The molecule has 0 spiro atoms. The lowest BCUT2D eigenvalue weighted by Crippen LogP contribution is -1.81. The van der Waals surface area contributed by atoms with E-state index in [0.29, 0.717) is 0 Å². The van der Waals surface area contributed by atoms with E-state index in [4.69, 9.17) is 15.0 Å². The van der Waals surface area contributed by atoms with Gasteiger partial charge in [0.15, 0.2) is 0 Å². The first-order valence-corrected chi connectivity index (χ1v) is 2.25. The fourth-order valence-corrected chi connectivity index (χ4v) is 0.101. The van der Waals surface area contributed by atoms with Crippen LogP contribution in [0.2, 0.25) is 0 Å². The molecule has 0 saturated carbocycles. The smallest absolute Gasteiger partial charge is 0.450 e. The molecule has 0 bridgehead atoms. The summed E-state index contributed by atoms with van der Waals surface area (Å²) in [5.74, 6) is 2.53. The van der Waals surface area contributed by atoms with E-state index >= 15 is 0 Å². The molecule has 0 aliphatic carbocycles. The topological polar surface area (TPSA) is 66.8 Å². The summed E-state index contributed by atoms with van der Waals surface area (Å²) in [6.45, 7) is 4.97. The van der Waals surface area contributed by atoms with Crippen molar-refractivity contribution in [2.45, 2.75) is 6.92 Å². The van der Waals surface area contributed by atoms with Crippen LogP contribution in [0.5, 0.6) is 0 Å². The van der Waals surface area contributed by atoms with Crippen molar-refractivity contribution in [3.8, 4) is 12.0 Å². The fourth-order valence-electron chi connectivity index (χ4n) is 0.101. The summed E-state index contributed by atoms with van der Waals surface area (Å²) in [6.07, 6.45) is 1.78. The van der Waals surface area contributed by atoms with Gasteiger partial charge in [0.05, 0.1) is 6.26 Å². The van der Waals surface area contributed by atoms with Gasteiger partial charge in [-0.15, -0.1) is 0 Å². The van der Waals surface area contributed by atoms with Crippen LogP contribution in [0.4, 0.5) is 4.79 Å². The summed E-state index contributed by atoms with van der Waals surface area (Å²) in [7, 11) is 0. The summed E-state index contributed by atoms with van der Waals surface area (Å²) in [6, 6.07) is 0. The zero-order valence-electron chi connectivity index (χ0n) is 5.50. The summed E-state index contributed by atoms with van der Waals surface area (Å²) in [4.78, 5) is 8.56. The SMILES string of the molecule is C=COC#CC.O=C(O)O. The number of carbonyl (C=O) groups is 1. The van der Waals surface area contributed by atoms with Gasteiger partial charge in [-0.3, -0.25) is 0 Å². The van der Waals surface area contributed by atoms with Gasteiger partial charge in [-0.25, -0.2) is 4.79 Å². The second-order valence-electron chi connectivity index (χ2n) is 0.919. The van der Waals surface area contributed by atoms with E-state index < -0.39 is 6.16 Å². The van der Waals surface area contributed by atoms with Crippen LogP contribution in [-0.2, 0) is 4.74 Å². The molecule has 0 rings (SSSR count). The van der Waals surface area contributed by atoms with Gasteiger partial charge in [0, 0.05) is 6.92 Å². The molecule has 4 heteroatoms. The van der Waals surface area contributed by atoms with E-state index in [0.717, 1.165) is 0 Å². The minimum Gasteiger partial charge on any atom is -0.450 e. The van der Waals surface area contributed by atoms with Gasteiger partial charge in [-0.1, -0.05) is 12.5 Å². The Bertz CT molecular complexity index is 147. The van der Waals surface area contributed by atoms with Crippen LogP contribution in [0.15, 0.2) is 12.8 Å². The molecule has 0 fully saturated rings. The van der Waals surface area contributed by atoms with E-state index in [1.165, 1.54) is 6.26 Å². The van der Waals surface area contributed by atoms with Crippen molar-refractivity contribution >= 4 is 6.16 Å². The van der Waals surface area contributed by atoms with Crippen LogP contribution in [-0.4, -0.2) is 16.4 Å². The first-order valence-electron chi connectivity index (χ1n) is 2.25. The average Bonchev–Trinajstić information content (AvgIpc) is 1.82. The Morgan fingerprint density at radius 3 is 2.20 bits per heavy atom. The van der Waals surface area contributed by atoms with Gasteiger partial charge in [0.25, 0.3) is 0 Å². The number of hydrogen-bond donors (Lipinski definition) is 2. The average molecular weight is 144 g/mol. The molecule has 2 N–H and O–H groups in total. The molecule has 0 radical (unpaired) electrons. The number of rotatable bonds is 1. The molecule has 0 saturated heterocycles. The van der Waals surface area contributed by atoms with Crippen molar-refractivity contribution in [3.05, 3.63) is 12.8 Å². The molecule has 56 valence electrons. The number of ether oxygens (including phenoxy) is 1. The molecular weight excluding hydrogens is 136 g/mol. The van der Waals surface area contributed by atoms with Crippen LogP contribution in [0.3, 0.4) is 0 Å². The number of hydrogen-bond acceptors (Lipinski definition) is 2. The predicted octanol–water partition coefficient (Wildman–Crippen LogP) is 1.35. The maximum atomic E-state index is 8.56. The van der Waals surface area contributed by atoms with E-state index in [9.17, 15) is 0 Å². The third-order valence-electron chi connectivity index (χ3n) is 0.244. The van der Waals surface area contributed by atoms with Crippen LogP contribution >= 0.6 is 0 Å². The van der Waals surface area contributed by atoms with Gasteiger partial charge in [-0.2, -0.15) is 0 Å². The Morgan fingerprint density at radius 1 is 1.70 bits per heavy atom. The summed E-state index contributed by atoms with van der Waals surface area (Å²) in [5.41, 5.74) is 0. The zero-order valence-corrected chi connectivity index (χ0v) is 5.50. The molecule has 0 aliphatic rings. The van der Waals surface area contributed by atoms with Crippen LogP contribution in [0.25, 0.3) is 0 Å². The second-order valence-corrected chi connectivity index (χ2v) is 0.919. The van der Waals surface area contributed by atoms with Crippen molar-refractivity contribution in [2.75, 3.05) is 0 Å². The molecule has 0 atom stereocenters. The minimum atomic E-state index is -1.83. The largest absolute Gasteiger partial charge is 0.503 e. The fraction of sp³-hybridized carbons (Fsp3) is 0.167. The molecule has 0 heterocycles. The maximum absolute atomic E-state index is 8.56. The van der Waals surface area contributed by atoms with Crippen LogP contribution in [0.1, 0.15) is 6.92 Å². The van der Waals surface area contributed by atoms with Crippen molar-refractivity contribution in [2.24, 2.45) is 0 Å². The van der Waals surface area contributed by atoms with E-state index in [-0.39, 0.29) is 0 Å². The molecule has 0 amide bonds. The Morgan fingerprint density at radius 2 is 2.10 bits per heavy atom. The predicted molar refractivity (Wildman–Crippen MR) is 35.4 cm³/mol. The quantitative estimate of drug-likeness (QED) is 0.430. The Kier molecular flexibility index (Phi) is 11.6. The van der Waals surface area contributed by atoms with Crippen LogP contribution in [0, 0.1) is 12.0 Å². The van der Waals surface area contributed by atoms with Gasteiger partial charge >= 0.3 is 6.16 Å². The van der Waals surface area contributed by atoms with Crippen LogP contribution < -0.4 is 0 Å². The Balaban J connectivity index is 0. The third-order valence-corrected chi connectivity index (χ3v) is 0.244. The highest BCUT2D eigenvalue weighted by atomic mass is 16.6. The number of carboxylic acid groups (broad SMARTS) is 2. The lowest BCUT2D eigenvalue weighted by Gasteiger charge is -1.72. The van der Waals surface area contributed by atoms with Gasteiger partial charge in [0.2, 0.25) is 0 Å². The molecule has 4 nitrogen and oxygen atoms in total. The summed E-state index contributed by atoms with van der Waals surface area (Å²) in [5, 5.41) is 13.9. The van der Waals surface area contributed by atoms with Crippen molar-refractivity contribution < 1.29 is 19.7 Å². The van der Waals surface area contributed by atoms with Gasteiger partial charge in [-0.05, 0) is 0 Å². The standard InChI is InChI=1S/C5H6O.CH2O3/c1-3-5-6-4-2;2-1(3)4/h4H,2H2,1H3;(H2,2,3,4). The first kappa shape index (κ1) is 11.2. The molecule has 0 aliphatic heterocycles. The summed E-state index contributed by atoms with van der Waals surface area (Å²) < 4.78 is 4.39. The summed E-state index contributed by atoms with van der Waals surface area (Å²) >= 11 is 0. The Hall–Kier alpha value is -1.63. The van der Waals surface area contributed by atoms with Crippen molar-refractivity contribution in [1.29, 1.82) is 0 Å². The molecular formula is C6H8O4. The molecule has 0 aromatic carbocycles. The molecule has 0 aromatic heterocycles. The normalized spacial score (nSPS) is 5.30. The highest BCUT2D eigenvalue weighted by Crippen LogP contribution is 1.62.